The third-order valence-electron chi connectivity index (χ3n) is 5.16. The number of aryl methyl sites for hydroxylation is 1. The van der Waals surface area contributed by atoms with Gasteiger partial charge in [0.05, 0.1) is 6.21 Å². The Labute approximate surface area is 208 Å². The van der Waals surface area contributed by atoms with Crippen molar-refractivity contribution in [1.29, 1.82) is 0 Å². The maximum atomic E-state index is 12.4. The molecule has 0 bridgehead atoms. The summed E-state index contributed by atoms with van der Waals surface area (Å²) >= 11 is 4.68. The number of anilines is 1. The highest BCUT2D eigenvalue weighted by Crippen LogP contribution is 2.31. The predicted octanol–water partition coefficient (Wildman–Crippen LogP) is 5.61. The number of halogens is 2. The molecule has 4 aromatic rings. The molecule has 1 amide bonds. The Bertz CT molecular complexity index is 1220. The molecule has 1 N–H and O–H groups in total. The molecule has 0 radical (unpaired) electrons. The Morgan fingerprint density at radius 1 is 0.968 bits per heavy atom. The number of benzene rings is 3. The zero-order valence-electron chi connectivity index (χ0n) is 17.3. The van der Waals surface area contributed by atoms with E-state index in [4.69, 9.17) is 0 Å². The molecule has 0 aliphatic heterocycles. The molecule has 0 unspecified atom stereocenters. The summed E-state index contributed by atoms with van der Waals surface area (Å²) in [6.45, 7) is 0.597. The van der Waals surface area contributed by atoms with E-state index in [1.807, 2.05) is 43.3 Å². The molecule has 3 aromatic carbocycles. The average Bonchev–Trinajstić information content (AvgIpc) is 3.04. The minimum Gasteiger partial charge on any atom is -0.378 e. The molecule has 7 heteroatoms. The first-order valence-corrected chi connectivity index (χ1v) is 12.0. The lowest BCUT2D eigenvalue weighted by Gasteiger charge is -2.11. The van der Waals surface area contributed by atoms with Gasteiger partial charge in [-0.1, -0.05) is 12.1 Å². The summed E-state index contributed by atoms with van der Waals surface area (Å²) in [6, 6.07) is 20.9. The highest BCUT2D eigenvalue weighted by Gasteiger charge is 2.12. The van der Waals surface area contributed by atoms with Crippen LogP contribution in [0.5, 0.6) is 0 Å². The van der Waals surface area contributed by atoms with Crippen LogP contribution in [0.15, 0.2) is 65.8 Å². The molecule has 1 heterocycles. The fraction of sp³-hybridized carbons (Fsp3) is 0.167. The summed E-state index contributed by atoms with van der Waals surface area (Å²) < 4.78 is 4.63. The third-order valence-corrected chi connectivity index (χ3v) is 6.51. The summed E-state index contributed by atoms with van der Waals surface area (Å²) in [5.74, 6) is -0.104. The zero-order valence-corrected chi connectivity index (χ0v) is 21.6. The fourth-order valence-corrected chi connectivity index (χ4v) is 4.58. The predicted molar refractivity (Wildman–Crippen MR) is 146 cm³/mol. The first-order valence-electron chi connectivity index (χ1n) is 9.89. The SMILES string of the molecule is CN(C)c1ccc(C=NNC(=O)CCn2c3ccc(I)cc3c3cc(I)ccc32)cc1. The van der Waals surface area contributed by atoms with E-state index in [1.54, 1.807) is 6.21 Å². The molecule has 0 aliphatic carbocycles. The van der Waals surface area contributed by atoms with Gasteiger partial charge in [-0.3, -0.25) is 4.79 Å². The second-order valence-electron chi connectivity index (χ2n) is 7.50. The molecule has 0 saturated carbocycles. The van der Waals surface area contributed by atoms with E-state index in [-0.39, 0.29) is 5.91 Å². The first-order chi connectivity index (χ1) is 14.9. The van der Waals surface area contributed by atoms with Crippen molar-refractivity contribution in [3.8, 4) is 0 Å². The van der Waals surface area contributed by atoms with E-state index >= 15 is 0 Å². The highest BCUT2D eigenvalue weighted by molar-refractivity contribution is 14.1. The molecule has 0 spiro atoms. The van der Waals surface area contributed by atoms with Crippen molar-refractivity contribution >= 4 is 84.8 Å². The number of carbonyl (C=O) groups is 1. The second kappa shape index (κ2) is 9.56. The van der Waals surface area contributed by atoms with Gasteiger partial charge in [0, 0.05) is 61.7 Å². The minimum absolute atomic E-state index is 0.104. The fourth-order valence-electron chi connectivity index (χ4n) is 3.60. The molecule has 158 valence electrons. The van der Waals surface area contributed by atoms with Crippen molar-refractivity contribution in [2.75, 3.05) is 19.0 Å². The van der Waals surface area contributed by atoms with Crippen LogP contribution in [0.3, 0.4) is 0 Å². The van der Waals surface area contributed by atoms with Crippen LogP contribution in [0.25, 0.3) is 21.8 Å². The summed E-state index contributed by atoms with van der Waals surface area (Å²) in [4.78, 5) is 14.4. The maximum absolute atomic E-state index is 12.4. The van der Waals surface area contributed by atoms with Gasteiger partial charge in [0.2, 0.25) is 5.91 Å². The lowest BCUT2D eigenvalue weighted by atomic mass is 10.2. The van der Waals surface area contributed by atoms with Crippen molar-refractivity contribution in [1.82, 2.24) is 9.99 Å². The van der Waals surface area contributed by atoms with Gasteiger partial charge in [-0.2, -0.15) is 5.10 Å². The quantitative estimate of drug-likeness (QED) is 0.170. The van der Waals surface area contributed by atoms with E-state index in [0.29, 0.717) is 13.0 Å². The van der Waals surface area contributed by atoms with Gasteiger partial charge in [0.1, 0.15) is 0 Å². The second-order valence-corrected chi connectivity index (χ2v) is 9.99. The van der Waals surface area contributed by atoms with E-state index in [1.165, 1.54) is 17.9 Å². The number of nitrogens with one attached hydrogen (secondary N) is 1. The van der Waals surface area contributed by atoms with Crippen molar-refractivity contribution in [3.63, 3.8) is 0 Å². The first kappa shape index (κ1) is 22.1. The summed E-state index contributed by atoms with van der Waals surface area (Å²) in [5.41, 5.74) is 7.01. The van der Waals surface area contributed by atoms with Gasteiger partial charge in [-0.25, -0.2) is 5.43 Å². The molecular weight excluding hydrogens is 614 g/mol. The lowest BCUT2D eigenvalue weighted by Crippen LogP contribution is -2.19. The Morgan fingerprint density at radius 2 is 1.55 bits per heavy atom. The highest BCUT2D eigenvalue weighted by atomic mass is 127. The number of hydrazone groups is 1. The van der Waals surface area contributed by atoms with Crippen LogP contribution < -0.4 is 10.3 Å². The van der Waals surface area contributed by atoms with Gasteiger partial charge < -0.3 is 9.47 Å². The van der Waals surface area contributed by atoms with Crippen molar-refractivity contribution in [2.45, 2.75) is 13.0 Å². The van der Waals surface area contributed by atoms with Gasteiger partial charge in [0.25, 0.3) is 0 Å². The number of rotatable bonds is 6. The molecule has 0 aliphatic rings. The van der Waals surface area contributed by atoms with Crippen LogP contribution in [0.4, 0.5) is 5.69 Å². The van der Waals surface area contributed by atoms with E-state index < -0.39 is 0 Å². The number of carbonyl (C=O) groups excluding carboxylic acids is 1. The number of hydrogen-bond acceptors (Lipinski definition) is 3. The van der Waals surface area contributed by atoms with Crippen molar-refractivity contribution in [2.24, 2.45) is 5.10 Å². The summed E-state index contributed by atoms with van der Waals surface area (Å²) in [5, 5.41) is 6.56. The largest absolute Gasteiger partial charge is 0.378 e. The Kier molecular flexibility index (Phi) is 6.80. The van der Waals surface area contributed by atoms with Crippen LogP contribution in [0, 0.1) is 7.14 Å². The number of aromatic nitrogens is 1. The maximum Gasteiger partial charge on any atom is 0.241 e. The van der Waals surface area contributed by atoms with Gasteiger partial charge in [-0.05, 0) is 99.3 Å². The molecule has 4 rings (SSSR count). The Morgan fingerprint density at radius 3 is 2.10 bits per heavy atom. The van der Waals surface area contributed by atoms with Crippen LogP contribution >= 0.6 is 45.2 Å². The third kappa shape index (κ3) is 5.03. The van der Waals surface area contributed by atoms with Crippen molar-refractivity contribution in [3.05, 3.63) is 73.4 Å². The normalized spacial score (nSPS) is 11.5. The average molecular weight is 636 g/mol. The van der Waals surface area contributed by atoms with Gasteiger partial charge in [0.15, 0.2) is 0 Å². The number of nitrogens with zero attached hydrogens (tertiary/aromatic N) is 3. The summed E-state index contributed by atoms with van der Waals surface area (Å²) in [7, 11) is 4.00. The zero-order chi connectivity index (χ0) is 22.0. The number of hydrogen-bond donors (Lipinski definition) is 1. The topological polar surface area (TPSA) is 49.6 Å². The van der Waals surface area contributed by atoms with Crippen molar-refractivity contribution < 1.29 is 4.79 Å². The van der Waals surface area contributed by atoms with Gasteiger partial charge in [-0.15, -0.1) is 0 Å². The van der Waals surface area contributed by atoms with Crippen LogP contribution in [-0.4, -0.2) is 30.8 Å². The molecule has 0 saturated heterocycles. The summed E-state index contributed by atoms with van der Waals surface area (Å²) in [6.07, 6.45) is 2.02. The van der Waals surface area contributed by atoms with Crippen LogP contribution in [-0.2, 0) is 11.3 Å². The Balaban J connectivity index is 1.46. The monoisotopic (exact) mass is 636 g/mol. The standard InChI is InChI=1S/C24H22I2N4O/c1-29(2)19-7-3-16(4-8-19)15-27-28-24(31)11-12-30-22-9-5-17(25)13-20(22)21-14-18(26)6-10-23(21)30/h3-10,13-15H,11-12H2,1-2H3,(H,28,31). The van der Waals surface area contributed by atoms with E-state index in [9.17, 15) is 4.79 Å². The van der Waals surface area contributed by atoms with Crippen LogP contribution in [0.2, 0.25) is 0 Å². The van der Waals surface area contributed by atoms with Gasteiger partial charge >= 0.3 is 0 Å². The van der Waals surface area contributed by atoms with E-state index in [2.05, 4.69) is 96.7 Å². The number of amides is 1. The molecule has 5 nitrogen and oxygen atoms in total. The Hall–Kier alpha value is -2.14. The molecule has 0 fully saturated rings. The molecule has 31 heavy (non-hydrogen) atoms. The van der Waals surface area contributed by atoms with Crippen LogP contribution in [0.1, 0.15) is 12.0 Å². The molecule has 1 aromatic heterocycles. The van der Waals surface area contributed by atoms with E-state index in [0.717, 1.165) is 22.3 Å². The molecule has 0 atom stereocenters. The minimum atomic E-state index is -0.104. The number of fused-ring (bicyclic) bond motifs is 3. The lowest BCUT2D eigenvalue weighted by molar-refractivity contribution is -0.121. The smallest absolute Gasteiger partial charge is 0.241 e. The molecular formula is C24H22I2N4O.